The van der Waals surface area contributed by atoms with Crippen LogP contribution in [0.15, 0.2) is 23.4 Å². The molecule has 0 radical (unpaired) electrons. The molecular formula is C9H12N2O3S. The molecule has 2 N–H and O–H groups in total. The van der Waals surface area contributed by atoms with Crippen molar-refractivity contribution in [2.24, 2.45) is 11.1 Å². The first-order valence-corrected chi connectivity index (χ1v) is 5.89. The maximum absolute atomic E-state index is 11.5. The smallest absolute Gasteiger partial charge is 0.239 e. The van der Waals surface area contributed by atoms with E-state index in [1.54, 1.807) is 13.8 Å². The van der Waals surface area contributed by atoms with E-state index in [1.807, 2.05) is 0 Å². The highest BCUT2D eigenvalue weighted by atomic mass is 32.2. The minimum Gasteiger partial charge on any atom is -0.294 e. The first-order chi connectivity index (χ1) is 6.82. The van der Waals surface area contributed by atoms with Gasteiger partial charge in [0.15, 0.2) is 5.78 Å². The largest absolute Gasteiger partial charge is 0.294 e. The molecule has 15 heavy (non-hydrogen) atoms. The van der Waals surface area contributed by atoms with Crippen molar-refractivity contribution < 1.29 is 13.2 Å². The van der Waals surface area contributed by atoms with E-state index in [9.17, 15) is 13.2 Å². The molecule has 0 unspecified atom stereocenters. The second kappa shape index (κ2) is 4.08. The molecule has 0 fully saturated rings. The van der Waals surface area contributed by atoms with Crippen LogP contribution in [0, 0.1) is 5.92 Å². The number of primary sulfonamides is 1. The highest BCUT2D eigenvalue weighted by Gasteiger charge is 2.14. The minimum atomic E-state index is -3.80. The number of nitrogens with zero attached hydrogens (tertiary/aromatic N) is 1. The lowest BCUT2D eigenvalue weighted by atomic mass is 10.0. The zero-order chi connectivity index (χ0) is 11.6. The Morgan fingerprint density at radius 2 is 2.00 bits per heavy atom. The van der Waals surface area contributed by atoms with Crippen molar-refractivity contribution in [2.75, 3.05) is 0 Å². The third-order valence-electron chi connectivity index (χ3n) is 1.85. The molecule has 0 atom stereocenters. The molecule has 0 amide bonds. The number of sulfonamides is 1. The van der Waals surface area contributed by atoms with Crippen LogP contribution in [0.5, 0.6) is 0 Å². The van der Waals surface area contributed by atoms with Gasteiger partial charge in [-0.15, -0.1) is 0 Å². The number of hydrogen-bond donors (Lipinski definition) is 1. The van der Waals surface area contributed by atoms with Crippen molar-refractivity contribution in [3.05, 3.63) is 24.0 Å². The maximum Gasteiger partial charge on any atom is 0.239 e. The van der Waals surface area contributed by atoms with E-state index in [0.29, 0.717) is 0 Å². The van der Waals surface area contributed by atoms with Crippen LogP contribution in [-0.2, 0) is 10.0 Å². The summed E-state index contributed by atoms with van der Waals surface area (Å²) in [4.78, 5) is 15.1. The zero-order valence-electron chi connectivity index (χ0n) is 8.47. The molecule has 1 aromatic heterocycles. The maximum atomic E-state index is 11.5. The third-order valence-corrected chi connectivity index (χ3v) is 2.73. The van der Waals surface area contributed by atoms with Gasteiger partial charge in [0.05, 0.1) is 0 Å². The molecule has 1 aromatic rings. The van der Waals surface area contributed by atoms with E-state index < -0.39 is 10.0 Å². The van der Waals surface area contributed by atoms with Crippen LogP contribution >= 0.6 is 0 Å². The lowest BCUT2D eigenvalue weighted by molar-refractivity contribution is 0.0939. The van der Waals surface area contributed by atoms with Crippen LogP contribution in [-0.4, -0.2) is 19.2 Å². The summed E-state index contributed by atoms with van der Waals surface area (Å²) in [6.07, 6.45) is 2.45. The lowest BCUT2D eigenvalue weighted by Gasteiger charge is -2.04. The van der Waals surface area contributed by atoms with Gasteiger partial charge in [0.25, 0.3) is 0 Å². The molecule has 0 aromatic carbocycles. The summed E-state index contributed by atoms with van der Waals surface area (Å²) < 4.78 is 22.0. The summed E-state index contributed by atoms with van der Waals surface area (Å²) in [7, 11) is -3.80. The Morgan fingerprint density at radius 3 is 2.47 bits per heavy atom. The summed E-state index contributed by atoms with van der Waals surface area (Å²) in [5.41, 5.74) is 0.261. The van der Waals surface area contributed by atoms with Crippen LogP contribution in [0.1, 0.15) is 24.2 Å². The Kier molecular flexibility index (Phi) is 3.21. The fourth-order valence-electron chi connectivity index (χ4n) is 1.04. The summed E-state index contributed by atoms with van der Waals surface area (Å²) >= 11 is 0. The van der Waals surface area contributed by atoms with Gasteiger partial charge in [-0.3, -0.25) is 9.78 Å². The first kappa shape index (κ1) is 11.8. The van der Waals surface area contributed by atoms with Crippen LogP contribution in [0.4, 0.5) is 0 Å². The van der Waals surface area contributed by atoms with Gasteiger partial charge in [-0.2, -0.15) is 0 Å². The molecule has 1 heterocycles. The van der Waals surface area contributed by atoms with E-state index in [-0.39, 0.29) is 22.2 Å². The summed E-state index contributed by atoms with van der Waals surface area (Å²) in [5, 5.41) is 4.92. The Labute approximate surface area is 88.4 Å². The quantitative estimate of drug-likeness (QED) is 0.766. The summed E-state index contributed by atoms with van der Waals surface area (Å²) in [5.74, 6) is -0.365. The second-order valence-electron chi connectivity index (χ2n) is 3.47. The topological polar surface area (TPSA) is 90.1 Å². The van der Waals surface area contributed by atoms with Gasteiger partial charge in [-0.25, -0.2) is 13.6 Å². The van der Waals surface area contributed by atoms with Gasteiger partial charge in [0.1, 0.15) is 4.90 Å². The number of rotatable bonds is 3. The number of ketones is 1. The Bertz CT molecular complexity index is 480. The highest BCUT2D eigenvalue weighted by molar-refractivity contribution is 7.89. The Balaban J connectivity index is 3.20. The third kappa shape index (κ3) is 2.84. The predicted molar refractivity (Wildman–Crippen MR) is 54.8 cm³/mol. The number of aromatic nitrogens is 1. The van der Waals surface area contributed by atoms with Crippen molar-refractivity contribution in [2.45, 2.75) is 18.7 Å². The van der Waals surface area contributed by atoms with Crippen LogP contribution in [0.25, 0.3) is 0 Å². The standard InChI is InChI=1S/C9H12N2O3S/c1-6(2)9(12)7-3-8(5-11-4-7)15(10,13)14/h3-6H,1-2H3,(H2,10,13,14). The average Bonchev–Trinajstić information content (AvgIpc) is 2.15. The van der Waals surface area contributed by atoms with Crippen molar-refractivity contribution in [1.29, 1.82) is 0 Å². The van der Waals surface area contributed by atoms with Crippen molar-refractivity contribution >= 4 is 15.8 Å². The molecule has 82 valence electrons. The van der Waals surface area contributed by atoms with Gasteiger partial charge in [0, 0.05) is 23.9 Å². The molecule has 0 aliphatic rings. The summed E-state index contributed by atoms with van der Waals surface area (Å²) in [6, 6.07) is 1.24. The molecule has 0 spiro atoms. The molecular weight excluding hydrogens is 216 g/mol. The van der Waals surface area contributed by atoms with Gasteiger partial charge >= 0.3 is 0 Å². The fraction of sp³-hybridized carbons (Fsp3) is 0.333. The number of hydrogen-bond acceptors (Lipinski definition) is 4. The second-order valence-corrected chi connectivity index (χ2v) is 5.03. The monoisotopic (exact) mass is 228 g/mol. The number of nitrogens with two attached hydrogens (primary N) is 1. The highest BCUT2D eigenvalue weighted by Crippen LogP contribution is 2.11. The molecule has 0 bridgehead atoms. The molecule has 6 heteroatoms. The van der Waals surface area contributed by atoms with Gasteiger partial charge < -0.3 is 0 Å². The summed E-state index contributed by atoms with van der Waals surface area (Å²) in [6.45, 7) is 3.46. The average molecular weight is 228 g/mol. The van der Waals surface area contributed by atoms with E-state index in [2.05, 4.69) is 4.98 Å². The minimum absolute atomic E-state index is 0.144. The number of carbonyl (C=O) groups is 1. The van der Waals surface area contributed by atoms with E-state index in [4.69, 9.17) is 5.14 Å². The van der Waals surface area contributed by atoms with Crippen molar-refractivity contribution in [1.82, 2.24) is 4.98 Å². The molecule has 0 aliphatic carbocycles. The predicted octanol–water partition coefficient (Wildman–Crippen LogP) is 0.568. The number of carbonyl (C=O) groups excluding carboxylic acids is 1. The van der Waals surface area contributed by atoms with Crippen LogP contribution in [0.3, 0.4) is 0 Å². The van der Waals surface area contributed by atoms with Crippen LogP contribution in [0.2, 0.25) is 0 Å². The van der Waals surface area contributed by atoms with E-state index >= 15 is 0 Å². The zero-order valence-corrected chi connectivity index (χ0v) is 9.28. The van der Waals surface area contributed by atoms with Gasteiger partial charge in [0.2, 0.25) is 10.0 Å². The Hall–Kier alpha value is -1.27. The van der Waals surface area contributed by atoms with Crippen LogP contribution < -0.4 is 5.14 Å². The fourth-order valence-corrected chi connectivity index (χ4v) is 1.54. The molecule has 0 aliphatic heterocycles. The van der Waals surface area contributed by atoms with Gasteiger partial charge in [-0.05, 0) is 6.07 Å². The van der Waals surface area contributed by atoms with Crippen molar-refractivity contribution in [3.8, 4) is 0 Å². The first-order valence-electron chi connectivity index (χ1n) is 4.34. The molecule has 1 rings (SSSR count). The molecule has 0 saturated carbocycles. The Morgan fingerprint density at radius 1 is 1.40 bits per heavy atom. The number of pyridine rings is 1. The van der Waals surface area contributed by atoms with E-state index in [1.165, 1.54) is 12.3 Å². The lowest BCUT2D eigenvalue weighted by Crippen LogP contribution is -2.14. The number of Topliss-reactive ketones (excluding diaryl/α,β-unsaturated/α-hetero) is 1. The SMILES string of the molecule is CC(C)C(=O)c1cncc(S(N)(=O)=O)c1. The van der Waals surface area contributed by atoms with E-state index in [0.717, 1.165) is 6.20 Å². The van der Waals surface area contributed by atoms with Crippen molar-refractivity contribution in [3.63, 3.8) is 0 Å². The normalized spacial score (nSPS) is 11.7. The van der Waals surface area contributed by atoms with Gasteiger partial charge in [-0.1, -0.05) is 13.8 Å². The molecule has 5 nitrogen and oxygen atoms in total. The molecule has 0 saturated heterocycles.